The van der Waals surface area contributed by atoms with Crippen LogP contribution in [0, 0.1) is 0 Å². The number of hydrogen-bond donors (Lipinski definition) is 1. The van der Waals surface area contributed by atoms with Crippen LogP contribution in [0.5, 0.6) is 0 Å². The smallest absolute Gasteiger partial charge is 0.0756 e. The second kappa shape index (κ2) is 5.14. The van der Waals surface area contributed by atoms with Crippen molar-refractivity contribution >= 4 is 12.4 Å². The third-order valence-electron chi connectivity index (χ3n) is 2.25. The summed E-state index contributed by atoms with van der Waals surface area (Å²) in [6, 6.07) is 0.437. The molecule has 0 bridgehead atoms. The van der Waals surface area contributed by atoms with E-state index in [2.05, 4.69) is 15.3 Å². The normalized spacial score (nSPS) is 22.0. The van der Waals surface area contributed by atoms with Gasteiger partial charge in [-0.2, -0.15) is 0 Å². The Balaban J connectivity index is 0.000000845. The monoisotopic (exact) mass is 199 g/mol. The Labute approximate surface area is 84.4 Å². The molecular weight excluding hydrogens is 186 g/mol. The van der Waals surface area contributed by atoms with Crippen molar-refractivity contribution in [1.82, 2.24) is 15.3 Å². The number of aromatic nitrogens is 2. The molecule has 2 rings (SSSR count). The van der Waals surface area contributed by atoms with Crippen molar-refractivity contribution in [2.45, 2.75) is 25.3 Å². The molecule has 1 atom stereocenters. The SMILES string of the molecule is Cl.c1cnc(C2CCCCN2)cn1. The van der Waals surface area contributed by atoms with Crippen LogP contribution in [0.1, 0.15) is 31.0 Å². The fourth-order valence-electron chi connectivity index (χ4n) is 1.59. The van der Waals surface area contributed by atoms with Gasteiger partial charge < -0.3 is 5.32 Å². The van der Waals surface area contributed by atoms with Crippen molar-refractivity contribution in [1.29, 1.82) is 0 Å². The number of nitrogens with one attached hydrogen (secondary N) is 1. The first-order chi connectivity index (χ1) is 5.97. The maximum absolute atomic E-state index is 4.28. The van der Waals surface area contributed by atoms with E-state index in [9.17, 15) is 0 Å². The summed E-state index contributed by atoms with van der Waals surface area (Å²) in [6.07, 6.45) is 9.10. The lowest BCUT2D eigenvalue weighted by molar-refractivity contribution is 0.404. The summed E-state index contributed by atoms with van der Waals surface area (Å²) in [5, 5.41) is 3.43. The first-order valence-electron chi connectivity index (χ1n) is 4.46. The molecule has 1 fully saturated rings. The van der Waals surface area contributed by atoms with E-state index in [-0.39, 0.29) is 12.4 Å². The van der Waals surface area contributed by atoms with Gasteiger partial charge in [-0.05, 0) is 19.4 Å². The highest BCUT2D eigenvalue weighted by Gasteiger charge is 2.14. The van der Waals surface area contributed by atoms with E-state index < -0.39 is 0 Å². The van der Waals surface area contributed by atoms with Gasteiger partial charge in [0.25, 0.3) is 0 Å². The predicted octanol–water partition coefficient (Wildman–Crippen LogP) is 1.71. The van der Waals surface area contributed by atoms with E-state index in [1.54, 1.807) is 12.4 Å². The molecule has 1 aromatic heterocycles. The molecule has 1 saturated heterocycles. The molecule has 13 heavy (non-hydrogen) atoms. The maximum atomic E-state index is 4.28. The predicted molar refractivity (Wildman–Crippen MR) is 53.9 cm³/mol. The van der Waals surface area contributed by atoms with Crippen molar-refractivity contribution in [2.75, 3.05) is 6.54 Å². The van der Waals surface area contributed by atoms with Crippen LogP contribution in [0.2, 0.25) is 0 Å². The van der Waals surface area contributed by atoms with Gasteiger partial charge in [0.15, 0.2) is 0 Å². The van der Waals surface area contributed by atoms with E-state index >= 15 is 0 Å². The summed E-state index contributed by atoms with van der Waals surface area (Å²) in [5.74, 6) is 0. The molecule has 2 heterocycles. The average Bonchev–Trinajstić information content (AvgIpc) is 2.21. The van der Waals surface area contributed by atoms with Gasteiger partial charge in [-0.1, -0.05) is 6.42 Å². The molecule has 1 N–H and O–H groups in total. The Morgan fingerprint density at radius 2 is 2.23 bits per heavy atom. The zero-order valence-electron chi connectivity index (χ0n) is 7.44. The van der Waals surface area contributed by atoms with Gasteiger partial charge in [-0.3, -0.25) is 9.97 Å². The van der Waals surface area contributed by atoms with E-state index in [1.807, 2.05) is 6.20 Å². The Morgan fingerprint density at radius 3 is 2.85 bits per heavy atom. The summed E-state index contributed by atoms with van der Waals surface area (Å²) in [6.45, 7) is 1.11. The number of halogens is 1. The number of nitrogens with zero attached hydrogens (tertiary/aromatic N) is 2. The van der Waals surface area contributed by atoms with E-state index in [1.165, 1.54) is 19.3 Å². The van der Waals surface area contributed by atoms with Gasteiger partial charge in [0, 0.05) is 18.6 Å². The average molecular weight is 200 g/mol. The van der Waals surface area contributed by atoms with Crippen LogP contribution < -0.4 is 5.32 Å². The molecule has 72 valence electrons. The van der Waals surface area contributed by atoms with E-state index in [0.717, 1.165) is 12.2 Å². The molecule has 0 saturated carbocycles. The second-order valence-corrected chi connectivity index (χ2v) is 3.13. The van der Waals surface area contributed by atoms with Crippen molar-refractivity contribution < 1.29 is 0 Å². The van der Waals surface area contributed by atoms with E-state index in [4.69, 9.17) is 0 Å². The summed E-state index contributed by atoms with van der Waals surface area (Å²) >= 11 is 0. The van der Waals surface area contributed by atoms with Crippen LogP contribution in [0.25, 0.3) is 0 Å². The maximum Gasteiger partial charge on any atom is 0.0756 e. The van der Waals surface area contributed by atoms with Crippen LogP contribution in [-0.4, -0.2) is 16.5 Å². The lowest BCUT2D eigenvalue weighted by atomic mass is 10.0. The topological polar surface area (TPSA) is 37.8 Å². The Morgan fingerprint density at radius 1 is 1.31 bits per heavy atom. The fraction of sp³-hybridized carbons (Fsp3) is 0.556. The van der Waals surface area contributed by atoms with Crippen LogP contribution in [0.4, 0.5) is 0 Å². The number of piperidine rings is 1. The van der Waals surface area contributed by atoms with E-state index in [0.29, 0.717) is 6.04 Å². The molecule has 1 aliphatic rings. The van der Waals surface area contributed by atoms with Crippen LogP contribution in [0.15, 0.2) is 18.6 Å². The van der Waals surface area contributed by atoms with Crippen LogP contribution in [0.3, 0.4) is 0 Å². The summed E-state index contributed by atoms with van der Waals surface area (Å²) in [4.78, 5) is 8.33. The lowest BCUT2D eigenvalue weighted by Gasteiger charge is -2.22. The molecule has 4 heteroatoms. The highest BCUT2D eigenvalue weighted by atomic mass is 35.5. The minimum atomic E-state index is 0. The third-order valence-corrected chi connectivity index (χ3v) is 2.25. The molecule has 0 radical (unpaired) electrons. The minimum Gasteiger partial charge on any atom is -0.309 e. The second-order valence-electron chi connectivity index (χ2n) is 3.13. The molecule has 0 spiro atoms. The molecule has 0 amide bonds. The fourth-order valence-corrected chi connectivity index (χ4v) is 1.59. The summed E-state index contributed by atoms with van der Waals surface area (Å²) in [7, 11) is 0. The first kappa shape index (κ1) is 10.4. The molecule has 0 aromatic carbocycles. The Kier molecular flexibility index (Phi) is 4.12. The summed E-state index contributed by atoms with van der Waals surface area (Å²) < 4.78 is 0. The van der Waals surface area contributed by atoms with Gasteiger partial charge in [0.05, 0.1) is 11.7 Å². The quantitative estimate of drug-likeness (QED) is 0.749. The highest BCUT2D eigenvalue weighted by molar-refractivity contribution is 5.85. The molecule has 3 nitrogen and oxygen atoms in total. The number of hydrogen-bond acceptors (Lipinski definition) is 3. The first-order valence-corrected chi connectivity index (χ1v) is 4.46. The van der Waals surface area contributed by atoms with Crippen LogP contribution >= 0.6 is 12.4 Å². The Bertz CT molecular complexity index is 234. The van der Waals surface area contributed by atoms with Gasteiger partial charge >= 0.3 is 0 Å². The third kappa shape index (κ3) is 2.64. The van der Waals surface area contributed by atoms with Crippen LogP contribution in [-0.2, 0) is 0 Å². The van der Waals surface area contributed by atoms with Gasteiger partial charge in [-0.15, -0.1) is 12.4 Å². The molecular formula is C9H14ClN3. The molecule has 0 aliphatic carbocycles. The van der Waals surface area contributed by atoms with Crippen molar-refractivity contribution in [2.24, 2.45) is 0 Å². The zero-order chi connectivity index (χ0) is 8.23. The highest BCUT2D eigenvalue weighted by Crippen LogP contribution is 2.19. The van der Waals surface area contributed by atoms with Crippen molar-refractivity contribution in [3.05, 3.63) is 24.3 Å². The van der Waals surface area contributed by atoms with Gasteiger partial charge in [0.1, 0.15) is 0 Å². The van der Waals surface area contributed by atoms with Gasteiger partial charge in [-0.25, -0.2) is 0 Å². The molecule has 1 aromatic rings. The van der Waals surface area contributed by atoms with Crippen molar-refractivity contribution in [3.8, 4) is 0 Å². The number of rotatable bonds is 1. The Hall–Kier alpha value is -0.670. The molecule has 1 aliphatic heterocycles. The lowest BCUT2D eigenvalue weighted by Crippen LogP contribution is -2.27. The van der Waals surface area contributed by atoms with Crippen molar-refractivity contribution in [3.63, 3.8) is 0 Å². The largest absolute Gasteiger partial charge is 0.309 e. The standard InChI is InChI=1S/C9H13N3.ClH/c1-2-4-11-8(3-1)9-7-10-5-6-12-9;/h5-8,11H,1-4H2;1H. The zero-order valence-corrected chi connectivity index (χ0v) is 8.26. The molecule has 1 unspecified atom stereocenters. The summed E-state index contributed by atoms with van der Waals surface area (Å²) in [5.41, 5.74) is 1.08. The van der Waals surface area contributed by atoms with Gasteiger partial charge in [0.2, 0.25) is 0 Å². The minimum absolute atomic E-state index is 0.